The van der Waals surface area contributed by atoms with Crippen molar-refractivity contribution in [2.24, 2.45) is 5.10 Å². The van der Waals surface area contributed by atoms with Gasteiger partial charge in [0.1, 0.15) is 11.8 Å². The maximum absolute atomic E-state index is 12.5. The Labute approximate surface area is 184 Å². The van der Waals surface area contributed by atoms with Crippen LogP contribution in [0.25, 0.3) is 0 Å². The largest absolute Gasteiger partial charge is 0.494 e. The van der Waals surface area contributed by atoms with Gasteiger partial charge in [-0.2, -0.15) is 5.10 Å². The van der Waals surface area contributed by atoms with Crippen LogP contribution in [0.4, 0.5) is 11.4 Å². The molecule has 2 aromatic rings. The summed E-state index contributed by atoms with van der Waals surface area (Å²) in [5, 5.41) is 14.8. The summed E-state index contributed by atoms with van der Waals surface area (Å²) in [5.74, 6) is -0.146. The molecule has 0 aliphatic carbocycles. The molecule has 31 heavy (non-hydrogen) atoms. The zero-order chi connectivity index (χ0) is 23.2. The number of amides is 1. The van der Waals surface area contributed by atoms with Crippen LogP contribution in [0, 0.1) is 10.1 Å². The van der Waals surface area contributed by atoms with Crippen LogP contribution in [0.5, 0.6) is 5.75 Å². The number of nitrogens with zero attached hydrogens (tertiary/aromatic N) is 3. The Bertz CT molecular complexity index is 1090. The SMILES string of the molecule is CCOc1ccc(N([C@@H](C)C(=O)N/N=C\c2cc([N+](=O)[O-])ccc2Cl)S(C)(=O)=O)cc1. The smallest absolute Gasteiger partial charge is 0.270 e. The van der Waals surface area contributed by atoms with Crippen LogP contribution < -0.4 is 14.5 Å². The summed E-state index contributed by atoms with van der Waals surface area (Å²) in [4.78, 5) is 22.8. The fraction of sp³-hybridized carbons (Fsp3) is 0.263. The van der Waals surface area contributed by atoms with E-state index >= 15 is 0 Å². The van der Waals surface area contributed by atoms with Gasteiger partial charge >= 0.3 is 0 Å². The Hall–Kier alpha value is -3.18. The minimum Gasteiger partial charge on any atom is -0.494 e. The van der Waals surface area contributed by atoms with Crippen LogP contribution in [-0.4, -0.2) is 44.4 Å². The third-order valence-corrected chi connectivity index (χ3v) is 5.65. The summed E-state index contributed by atoms with van der Waals surface area (Å²) < 4.78 is 30.9. The Morgan fingerprint density at radius 2 is 1.97 bits per heavy atom. The molecule has 1 amide bonds. The van der Waals surface area contributed by atoms with Crippen molar-refractivity contribution < 1.29 is 22.9 Å². The van der Waals surface area contributed by atoms with Crippen molar-refractivity contribution in [3.8, 4) is 5.75 Å². The number of sulfonamides is 1. The van der Waals surface area contributed by atoms with Gasteiger partial charge in [0.15, 0.2) is 0 Å². The summed E-state index contributed by atoms with van der Waals surface area (Å²) in [6, 6.07) is 8.90. The molecule has 0 saturated heterocycles. The quantitative estimate of drug-likeness (QED) is 0.342. The Kier molecular flexibility index (Phi) is 7.95. The predicted octanol–water partition coefficient (Wildman–Crippen LogP) is 2.95. The maximum Gasteiger partial charge on any atom is 0.270 e. The summed E-state index contributed by atoms with van der Waals surface area (Å²) in [6.07, 6.45) is 2.13. The van der Waals surface area contributed by atoms with E-state index in [4.69, 9.17) is 16.3 Å². The number of halogens is 1. The molecule has 0 radical (unpaired) electrons. The van der Waals surface area contributed by atoms with E-state index < -0.39 is 26.9 Å². The van der Waals surface area contributed by atoms with E-state index in [1.165, 1.54) is 37.3 Å². The van der Waals surface area contributed by atoms with Gasteiger partial charge in [-0.15, -0.1) is 0 Å². The third-order valence-electron chi connectivity index (χ3n) is 4.06. The molecule has 0 unspecified atom stereocenters. The van der Waals surface area contributed by atoms with Crippen LogP contribution >= 0.6 is 11.6 Å². The number of non-ortho nitro benzene ring substituents is 1. The second kappa shape index (κ2) is 10.2. The van der Waals surface area contributed by atoms with Gasteiger partial charge in [0.25, 0.3) is 11.6 Å². The fourth-order valence-corrected chi connectivity index (χ4v) is 4.01. The van der Waals surface area contributed by atoms with Crippen molar-refractivity contribution in [2.75, 3.05) is 17.2 Å². The van der Waals surface area contributed by atoms with Gasteiger partial charge in [0, 0.05) is 22.7 Å². The van der Waals surface area contributed by atoms with E-state index in [0.29, 0.717) is 12.4 Å². The number of hydrogen-bond acceptors (Lipinski definition) is 7. The van der Waals surface area contributed by atoms with Gasteiger partial charge in [-0.05, 0) is 44.2 Å². The number of ether oxygens (including phenoxy) is 1. The van der Waals surface area contributed by atoms with Crippen LogP contribution in [0.15, 0.2) is 47.6 Å². The lowest BCUT2D eigenvalue weighted by molar-refractivity contribution is -0.384. The molecule has 0 aliphatic heterocycles. The highest BCUT2D eigenvalue weighted by atomic mass is 35.5. The maximum atomic E-state index is 12.5. The molecule has 0 fully saturated rings. The lowest BCUT2D eigenvalue weighted by Gasteiger charge is -2.27. The van der Waals surface area contributed by atoms with Gasteiger partial charge in [-0.3, -0.25) is 19.2 Å². The molecular formula is C19H21ClN4O6S. The van der Waals surface area contributed by atoms with Crippen molar-refractivity contribution in [3.63, 3.8) is 0 Å². The van der Waals surface area contributed by atoms with Gasteiger partial charge < -0.3 is 4.74 Å². The molecule has 166 valence electrons. The summed E-state index contributed by atoms with van der Waals surface area (Å²) in [5.41, 5.74) is 2.54. The first-order chi connectivity index (χ1) is 14.5. The monoisotopic (exact) mass is 468 g/mol. The Balaban J connectivity index is 2.19. The van der Waals surface area contributed by atoms with E-state index in [9.17, 15) is 23.3 Å². The number of nitro benzene ring substituents is 1. The zero-order valence-corrected chi connectivity index (χ0v) is 18.6. The minimum absolute atomic E-state index is 0.190. The van der Waals surface area contributed by atoms with E-state index in [1.54, 1.807) is 12.1 Å². The van der Waals surface area contributed by atoms with Crippen LogP contribution in [0.2, 0.25) is 5.02 Å². The molecule has 2 aromatic carbocycles. The highest BCUT2D eigenvalue weighted by Gasteiger charge is 2.29. The Morgan fingerprint density at radius 3 is 2.52 bits per heavy atom. The second-order valence-electron chi connectivity index (χ2n) is 6.36. The van der Waals surface area contributed by atoms with Crippen LogP contribution in [0.1, 0.15) is 19.4 Å². The molecule has 12 heteroatoms. The number of rotatable bonds is 9. The van der Waals surface area contributed by atoms with E-state index in [-0.39, 0.29) is 22.0 Å². The molecule has 10 nitrogen and oxygen atoms in total. The van der Waals surface area contributed by atoms with E-state index in [0.717, 1.165) is 16.8 Å². The number of benzene rings is 2. The van der Waals surface area contributed by atoms with Gasteiger partial charge in [-0.25, -0.2) is 13.8 Å². The molecule has 0 heterocycles. The molecule has 0 spiro atoms. The van der Waals surface area contributed by atoms with Gasteiger partial charge in [0.2, 0.25) is 10.0 Å². The third kappa shape index (κ3) is 6.40. The average Bonchev–Trinajstić information content (AvgIpc) is 2.69. The van der Waals surface area contributed by atoms with Crippen molar-refractivity contribution >= 4 is 45.1 Å². The van der Waals surface area contributed by atoms with Crippen molar-refractivity contribution in [1.29, 1.82) is 0 Å². The van der Waals surface area contributed by atoms with Crippen molar-refractivity contribution in [2.45, 2.75) is 19.9 Å². The van der Waals surface area contributed by atoms with E-state index in [2.05, 4.69) is 10.5 Å². The predicted molar refractivity (Wildman–Crippen MR) is 118 cm³/mol. The lowest BCUT2D eigenvalue weighted by atomic mass is 10.2. The number of nitro groups is 1. The van der Waals surface area contributed by atoms with E-state index in [1.807, 2.05) is 6.92 Å². The minimum atomic E-state index is -3.80. The van der Waals surface area contributed by atoms with Gasteiger partial charge in [0.05, 0.1) is 29.7 Å². The number of carbonyl (C=O) groups is 1. The number of hydrogen-bond donors (Lipinski definition) is 1. The molecule has 0 aromatic heterocycles. The molecule has 2 rings (SSSR count). The number of anilines is 1. The molecule has 0 bridgehead atoms. The topological polar surface area (TPSA) is 131 Å². The normalized spacial score (nSPS) is 12.4. The van der Waals surface area contributed by atoms with Crippen LogP contribution in [0.3, 0.4) is 0 Å². The molecule has 1 N–H and O–H groups in total. The van der Waals surface area contributed by atoms with Crippen molar-refractivity contribution in [1.82, 2.24) is 5.43 Å². The highest BCUT2D eigenvalue weighted by molar-refractivity contribution is 7.92. The van der Waals surface area contributed by atoms with Gasteiger partial charge in [-0.1, -0.05) is 11.6 Å². The lowest BCUT2D eigenvalue weighted by Crippen LogP contribution is -2.46. The molecule has 1 atom stereocenters. The zero-order valence-electron chi connectivity index (χ0n) is 17.0. The Morgan fingerprint density at radius 1 is 1.32 bits per heavy atom. The standard InChI is InChI=1S/C19H21ClN4O6S/c1-4-30-17-8-5-15(6-9-17)23(31(3,28)29)13(2)19(25)22-21-12-14-11-16(24(26)27)7-10-18(14)20/h5-13H,4H2,1-3H3,(H,22,25)/b21-12-/t13-/m0/s1. The van der Waals surface area contributed by atoms with Crippen LogP contribution in [-0.2, 0) is 14.8 Å². The molecule has 0 aliphatic rings. The average molecular weight is 469 g/mol. The highest BCUT2D eigenvalue weighted by Crippen LogP contribution is 2.24. The first-order valence-corrected chi connectivity index (χ1v) is 11.3. The molecule has 0 saturated carbocycles. The number of nitrogens with one attached hydrogen (secondary N) is 1. The summed E-state index contributed by atoms with van der Waals surface area (Å²) in [6.45, 7) is 3.69. The molecular weight excluding hydrogens is 448 g/mol. The van der Waals surface area contributed by atoms with Crippen molar-refractivity contribution in [3.05, 3.63) is 63.2 Å². The summed E-state index contributed by atoms with van der Waals surface area (Å²) >= 11 is 5.98. The second-order valence-corrected chi connectivity index (χ2v) is 8.63. The first-order valence-electron chi connectivity index (χ1n) is 9.03. The fourth-order valence-electron chi connectivity index (χ4n) is 2.67. The number of hydrazone groups is 1. The number of carbonyl (C=O) groups excluding carboxylic acids is 1. The summed E-state index contributed by atoms with van der Waals surface area (Å²) in [7, 11) is -3.80. The first kappa shape index (κ1) is 24.1.